The van der Waals surface area contributed by atoms with Gasteiger partial charge in [-0.3, -0.25) is 0 Å². The van der Waals surface area contributed by atoms with Gasteiger partial charge in [-0.25, -0.2) is 0 Å². The lowest BCUT2D eigenvalue weighted by atomic mass is 10.1. The zero-order chi connectivity index (χ0) is 10.4. The van der Waals surface area contributed by atoms with Crippen LogP contribution in [0.3, 0.4) is 0 Å². The van der Waals surface area contributed by atoms with E-state index in [2.05, 4.69) is 29.4 Å². The molecule has 1 N–H and O–H groups in total. The Kier molecular flexibility index (Phi) is 5.04. The van der Waals surface area contributed by atoms with Crippen molar-refractivity contribution >= 4 is 11.3 Å². The van der Waals surface area contributed by atoms with Crippen LogP contribution in [0, 0.1) is 6.92 Å². The van der Waals surface area contributed by atoms with Crippen molar-refractivity contribution in [2.24, 2.45) is 0 Å². The Morgan fingerprint density at radius 2 is 2.21 bits per heavy atom. The predicted octanol–water partition coefficient (Wildman–Crippen LogP) is 2.51. The van der Waals surface area contributed by atoms with Crippen LogP contribution in [0.15, 0.2) is 0 Å². The highest BCUT2D eigenvalue weighted by molar-refractivity contribution is 7.11. The second-order valence-electron chi connectivity index (χ2n) is 3.64. The van der Waals surface area contributed by atoms with Gasteiger partial charge in [-0.1, -0.05) is 19.8 Å². The van der Waals surface area contributed by atoms with Crippen molar-refractivity contribution < 1.29 is 0 Å². The molecule has 1 aromatic heterocycles. The van der Waals surface area contributed by atoms with Gasteiger partial charge in [0.05, 0.1) is 0 Å². The van der Waals surface area contributed by atoms with Crippen LogP contribution in [0.4, 0.5) is 0 Å². The van der Waals surface area contributed by atoms with Crippen LogP contribution in [-0.2, 0) is 6.54 Å². The predicted molar refractivity (Wildman–Crippen MR) is 60.5 cm³/mol. The van der Waals surface area contributed by atoms with Crippen molar-refractivity contribution in [3.05, 3.63) is 10.0 Å². The highest BCUT2D eigenvalue weighted by atomic mass is 32.1. The van der Waals surface area contributed by atoms with E-state index in [1.54, 1.807) is 11.3 Å². The third-order valence-corrected chi connectivity index (χ3v) is 3.00. The summed E-state index contributed by atoms with van der Waals surface area (Å²) in [6.45, 7) is 7.29. The van der Waals surface area contributed by atoms with E-state index in [1.165, 1.54) is 19.3 Å². The Bertz CT molecular complexity index is 260. The molecule has 1 unspecified atom stereocenters. The SMILES string of the molecule is CCCCC(C)NCc1nnc(C)s1. The summed E-state index contributed by atoms with van der Waals surface area (Å²) in [5, 5.41) is 13.6. The minimum absolute atomic E-state index is 0.583. The van der Waals surface area contributed by atoms with Gasteiger partial charge in [-0.15, -0.1) is 21.5 Å². The van der Waals surface area contributed by atoms with Gasteiger partial charge in [0.15, 0.2) is 0 Å². The molecule has 80 valence electrons. The first kappa shape index (κ1) is 11.6. The van der Waals surface area contributed by atoms with Gasteiger partial charge >= 0.3 is 0 Å². The molecule has 1 aromatic rings. The molecule has 0 aromatic carbocycles. The topological polar surface area (TPSA) is 37.8 Å². The number of nitrogens with one attached hydrogen (secondary N) is 1. The summed E-state index contributed by atoms with van der Waals surface area (Å²) < 4.78 is 0. The zero-order valence-corrected chi connectivity index (χ0v) is 10.0. The molecule has 0 radical (unpaired) electrons. The fourth-order valence-electron chi connectivity index (χ4n) is 1.28. The lowest BCUT2D eigenvalue weighted by Crippen LogP contribution is -2.25. The summed E-state index contributed by atoms with van der Waals surface area (Å²) >= 11 is 1.67. The van der Waals surface area contributed by atoms with E-state index < -0.39 is 0 Å². The molecule has 0 amide bonds. The average molecular weight is 213 g/mol. The molecule has 0 spiro atoms. The zero-order valence-electron chi connectivity index (χ0n) is 9.21. The molecule has 1 rings (SSSR count). The van der Waals surface area contributed by atoms with Crippen LogP contribution in [-0.4, -0.2) is 16.2 Å². The van der Waals surface area contributed by atoms with Crippen LogP contribution >= 0.6 is 11.3 Å². The largest absolute Gasteiger partial charge is 0.308 e. The van der Waals surface area contributed by atoms with Gasteiger partial charge in [0.25, 0.3) is 0 Å². The van der Waals surface area contributed by atoms with Crippen molar-refractivity contribution in [2.75, 3.05) is 0 Å². The normalized spacial score (nSPS) is 13.1. The number of hydrogen-bond acceptors (Lipinski definition) is 4. The molecule has 0 aliphatic carbocycles. The van der Waals surface area contributed by atoms with E-state index in [0.29, 0.717) is 6.04 Å². The molecule has 0 saturated carbocycles. The van der Waals surface area contributed by atoms with Crippen molar-refractivity contribution in [2.45, 2.75) is 52.6 Å². The monoisotopic (exact) mass is 213 g/mol. The number of nitrogens with zero attached hydrogens (tertiary/aromatic N) is 2. The Morgan fingerprint density at radius 1 is 1.43 bits per heavy atom. The van der Waals surface area contributed by atoms with E-state index >= 15 is 0 Å². The highest BCUT2D eigenvalue weighted by Gasteiger charge is 2.03. The minimum atomic E-state index is 0.583. The number of aryl methyl sites for hydroxylation is 1. The Hall–Kier alpha value is -0.480. The first-order valence-corrected chi connectivity index (χ1v) is 6.06. The van der Waals surface area contributed by atoms with Crippen LogP contribution in [0.2, 0.25) is 0 Å². The molecule has 0 bridgehead atoms. The van der Waals surface area contributed by atoms with Crippen molar-refractivity contribution in [3.63, 3.8) is 0 Å². The third kappa shape index (κ3) is 4.15. The highest BCUT2D eigenvalue weighted by Crippen LogP contribution is 2.08. The molecular weight excluding hydrogens is 194 g/mol. The van der Waals surface area contributed by atoms with Crippen molar-refractivity contribution in [1.82, 2.24) is 15.5 Å². The molecule has 14 heavy (non-hydrogen) atoms. The van der Waals surface area contributed by atoms with Gasteiger partial charge in [0.1, 0.15) is 10.0 Å². The fourth-order valence-corrected chi connectivity index (χ4v) is 1.94. The van der Waals surface area contributed by atoms with E-state index in [-0.39, 0.29) is 0 Å². The minimum Gasteiger partial charge on any atom is -0.308 e. The Morgan fingerprint density at radius 3 is 2.79 bits per heavy atom. The maximum Gasteiger partial charge on any atom is 0.131 e. The average Bonchev–Trinajstić information content (AvgIpc) is 2.58. The molecule has 4 heteroatoms. The number of rotatable bonds is 6. The second-order valence-corrected chi connectivity index (χ2v) is 4.91. The molecule has 1 atom stereocenters. The standard InChI is InChI=1S/C10H19N3S/c1-4-5-6-8(2)11-7-10-13-12-9(3)14-10/h8,11H,4-7H2,1-3H3. The molecular formula is C10H19N3S. The summed E-state index contributed by atoms with van der Waals surface area (Å²) in [5.41, 5.74) is 0. The molecule has 0 saturated heterocycles. The lowest BCUT2D eigenvalue weighted by molar-refractivity contribution is 0.493. The second kappa shape index (κ2) is 6.09. The van der Waals surface area contributed by atoms with Crippen LogP contribution in [0.5, 0.6) is 0 Å². The maximum absolute atomic E-state index is 4.07. The third-order valence-electron chi connectivity index (χ3n) is 2.16. The quantitative estimate of drug-likeness (QED) is 0.789. The first-order chi connectivity index (χ1) is 6.72. The molecule has 0 aliphatic heterocycles. The summed E-state index contributed by atoms with van der Waals surface area (Å²) in [5.74, 6) is 0. The number of unbranched alkanes of at least 4 members (excludes halogenated alkanes) is 1. The molecule has 3 nitrogen and oxygen atoms in total. The van der Waals surface area contributed by atoms with Crippen LogP contribution < -0.4 is 5.32 Å². The van der Waals surface area contributed by atoms with Crippen molar-refractivity contribution in [3.8, 4) is 0 Å². The summed E-state index contributed by atoms with van der Waals surface area (Å²) in [6.07, 6.45) is 3.81. The fraction of sp³-hybridized carbons (Fsp3) is 0.800. The first-order valence-electron chi connectivity index (χ1n) is 5.24. The Labute approximate surface area is 89.9 Å². The number of hydrogen-bond donors (Lipinski definition) is 1. The van der Waals surface area contributed by atoms with Gasteiger partial charge in [0.2, 0.25) is 0 Å². The van der Waals surface area contributed by atoms with Gasteiger partial charge in [0, 0.05) is 12.6 Å². The van der Waals surface area contributed by atoms with Crippen LogP contribution in [0.25, 0.3) is 0 Å². The Balaban J connectivity index is 2.20. The molecule has 1 heterocycles. The van der Waals surface area contributed by atoms with Crippen LogP contribution in [0.1, 0.15) is 43.1 Å². The van der Waals surface area contributed by atoms with E-state index in [1.807, 2.05) is 6.92 Å². The summed E-state index contributed by atoms with van der Waals surface area (Å²) in [7, 11) is 0. The summed E-state index contributed by atoms with van der Waals surface area (Å²) in [6, 6.07) is 0.583. The van der Waals surface area contributed by atoms with Gasteiger partial charge in [-0.05, 0) is 20.3 Å². The maximum atomic E-state index is 4.07. The molecule has 0 fully saturated rings. The van der Waals surface area contributed by atoms with E-state index in [0.717, 1.165) is 16.6 Å². The van der Waals surface area contributed by atoms with Gasteiger partial charge < -0.3 is 5.32 Å². The van der Waals surface area contributed by atoms with Gasteiger partial charge in [-0.2, -0.15) is 0 Å². The lowest BCUT2D eigenvalue weighted by Gasteiger charge is -2.11. The molecule has 0 aliphatic rings. The van der Waals surface area contributed by atoms with Crippen molar-refractivity contribution in [1.29, 1.82) is 0 Å². The summed E-state index contributed by atoms with van der Waals surface area (Å²) in [4.78, 5) is 0. The smallest absolute Gasteiger partial charge is 0.131 e. The van der Waals surface area contributed by atoms with E-state index in [9.17, 15) is 0 Å². The van der Waals surface area contributed by atoms with E-state index in [4.69, 9.17) is 0 Å². The number of aromatic nitrogens is 2.